The summed E-state index contributed by atoms with van der Waals surface area (Å²) < 4.78 is 33.7. The van der Waals surface area contributed by atoms with Gasteiger partial charge in [-0.1, -0.05) is 38.1 Å². The Kier molecular flexibility index (Phi) is 7.76. The number of anilines is 2. The van der Waals surface area contributed by atoms with Crippen molar-refractivity contribution in [3.63, 3.8) is 0 Å². The van der Waals surface area contributed by atoms with Crippen LogP contribution < -0.4 is 14.8 Å². The molecule has 0 aliphatic rings. The van der Waals surface area contributed by atoms with E-state index in [4.69, 9.17) is 4.74 Å². The van der Waals surface area contributed by atoms with Crippen molar-refractivity contribution in [3.05, 3.63) is 83.4 Å². The van der Waals surface area contributed by atoms with E-state index in [1.165, 1.54) is 12.1 Å². The van der Waals surface area contributed by atoms with Crippen LogP contribution in [0.5, 0.6) is 5.75 Å². The van der Waals surface area contributed by atoms with E-state index in [1.54, 1.807) is 24.3 Å². The molecule has 3 aromatic rings. The molecular weight excluding hydrogens is 436 g/mol. The summed E-state index contributed by atoms with van der Waals surface area (Å²) in [5.74, 6) is 0.704. The average Bonchev–Trinajstić information content (AvgIpc) is 2.80. The molecule has 0 saturated carbocycles. The van der Waals surface area contributed by atoms with Gasteiger partial charge in [-0.15, -0.1) is 0 Å². The highest BCUT2D eigenvalue weighted by Gasteiger charge is 2.15. The number of carbonyl (C=O) groups excluding carboxylic acids is 1. The lowest BCUT2D eigenvalue weighted by atomic mass is 9.98. The molecule has 1 atom stereocenters. The molecule has 6 nitrogen and oxygen atoms in total. The maximum atomic E-state index is 12.7. The second-order valence-corrected chi connectivity index (χ2v) is 9.80. The van der Waals surface area contributed by atoms with Gasteiger partial charge in [0, 0.05) is 11.4 Å². The Hall–Kier alpha value is -3.32. The lowest BCUT2D eigenvalue weighted by molar-refractivity contribution is -0.118. The first-order valence-electron chi connectivity index (χ1n) is 10.9. The van der Waals surface area contributed by atoms with Gasteiger partial charge in [0.15, 0.2) is 6.61 Å². The Morgan fingerprint density at radius 2 is 1.61 bits per heavy atom. The Labute approximate surface area is 196 Å². The van der Waals surface area contributed by atoms with Gasteiger partial charge in [-0.25, -0.2) is 8.42 Å². The minimum absolute atomic E-state index is 0.109. The Morgan fingerprint density at radius 1 is 0.939 bits per heavy atom. The fourth-order valence-electron chi connectivity index (χ4n) is 3.32. The van der Waals surface area contributed by atoms with Crippen LogP contribution in [0.2, 0.25) is 0 Å². The third-order valence-corrected chi connectivity index (χ3v) is 7.03. The number of hydrogen-bond acceptors (Lipinski definition) is 4. The van der Waals surface area contributed by atoms with Gasteiger partial charge in [0.05, 0.1) is 4.90 Å². The number of hydrogen-bond donors (Lipinski definition) is 2. The SMILES string of the molecule is CC[C@H](C)c1ccccc1OCC(=O)Nc1ccc(S(=O)(=O)Nc2ccc(C)c(C)c2)cc1. The zero-order chi connectivity index (χ0) is 24.0. The van der Waals surface area contributed by atoms with Gasteiger partial charge in [0.1, 0.15) is 5.75 Å². The molecule has 33 heavy (non-hydrogen) atoms. The highest BCUT2D eigenvalue weighted by molar-refractivity contribution is 7.92. The molecule has 0 aliphatic heterocycles. The topological polar surface area (TPSA) is 84.5 Å². The average molecular weight is 467 g/mol. The van der Waals surface area contributed by atoms with Crippen molar-refractivity contribution >= 4 is 27.3 Å². The number of nitrogens with one attached hydrogen (secondary N) is 2. The van der Waals surface area contributed by atoms with E-state index in [0.29, 0.717) is 23.0 Å². The van der Waals surface area contributed by atoms with E-state index in [0.717, 1.165) is 23.1 Å². The molecule has 174 valence electrons. The predicted molar refractivity (Wildman–Crippen MR) is 132 cm³/mol. The summed E-state index contributed by atoms with van der Waals surface area (Å²) >= 11 is 0. The lowest BCUT2D eigenvalue weighted by Gasteiger charge is -2.15. The summed E-state index contributed by atoms with van der Waals surface area (Å²) in [5.41, 5.74) is 4.15. The van der Waals surface area contributed by atoms with E-state index in [2.05, 4.69) is 23.9 Å². The molecule has 0 heterocycles. The molecule has 0 spiro atoms. The summed E-state index contributed by atoms with van der Waals surface area (Å²) in [7, 11) is -3.74. The quantitative estimate of drug-likeness (QED) is 0.428. The summed E-state index contributed by atoms with van der Waals surface area (Å²) in [5, 5.41) is 2.74. The van der Waals surface area contributed by atoms with Crippen LogP contribution in [0.1, 0.15) is 42.9 Å². The standard InChI is InChI=1S/C26H30N2O4S/c1-5-18(2)24-8-6-7-9-25(24)32-17-26(29)27-21-12-14-23(15-13-21)33(30,31)28-22-11-10-19(3)20(4)16-22/h6-16,18,28H,5,17H2,1-4H3,(H,27,29)/t18-/m0/s1. The van der Waals surface area contributed by atoms with Crippen LogP contribution in [0.15, 0.2) is 71.6 Å². The van der Waals surface area contributed by atoms with Gasteiger partial charge in [-0.3, -0.25) is 9.52 Å². The van der Waals surface area contributed by atoms with Gasteiger partial charge in [-0.2, -0.15) is 0 Å². The zero-order valence-corrected chi connectivity index (χ0v) is 20.2. The Morgan fingerprint density at radius 3 is 2.27 bits per heavy atom. The number of aryl methyl sites for hydroxylation is 2. The van der Waals surface area contributed by atoms with E-state index in [9.17, 15) is 13.2 Å². The molecule has 7 heteroatoms. The third kappa shape index (κ3) is 6.35. The van der Waals surface area contributed by atoms with Gasteiger partial charge in [0.25, 0.3) is 15.9 Å². The summed E-state index contributed by atoms with van der Waals surface area (Å²) in [6, 6.07) is 19.1. The second kappa shape index (κ2) is 10.5. The number of amides is 1. The fraction of sp³-hybridized carbons (Fsp3) is 0.269. The van der Waals surface area contributed by atoms with Crippen molar-refractivity contribution in [1.29, 1.82) is 0 Å². The maximum Gasteiger partial charge on any atom is 0.262 e. The van der Waals surface area contributed by atoms with Gasteiger partial charge < -0.3 is 10.1 Å². The van der Waals surface area contributed by atoms with E-state index in [1.807, 2.05) is 44.2 Å². The van der Waals surface area contributed by atoms with Crippen molar-refractivity contribution in [2.45, 2.75) is 44.9 Å². The molecule has 0 fully saturated rings. The Bertz CT molecular complexity index is 1220. The smallest absolute Gasteiger partial charge is 0.262 e. The zero-order valence-electron chi connectivity index (χ0n) is 19.4. The first-order valence-corrected chi connectivity index (χ1v) is 12.4. The number of rotatable bonds is 9. The number of benzene rings is 3. The minimum atomic E-state index is -3.74. The highest BCUT2D eigenvalue weighted by Crippen LogP contribution is 2.28. The van der Waals surface area contributed by atoms with Gasteiger partial charge >= 0.3 is 0 Å². The van der Waals surface area contributed by atoms with Crippen LogP contribution in [0.4, 0.5) is 11.4 Å². The highest BCUT2D eigenvalue weighted by atomic mass is 32.2. The van der Waals surface area contributed by atoms with Crippen molar-refractivity contribution in [2.24, 2.45) is 0 Å². The van der Waals surface area contributed by atoms with E-state index in [-0.39, 0.29) is 17.4 Å². The van der Waals surface area contributed by atoms with Crippen molar-refractivity contribution in [3.8, 4) is 5.75 Å². The molecule has 0 saturated heterocycles. The normalized spacial score (nSPS) is 12.1. The fourth-order valence-corrected chi connectivity index (χ4v) is 4.37. The van der Waals surface area contributed by atoms with Crippen LogP contribution in [-0.2, 0) is 14.8 Å². The van der Waals surface area contributed by atoms with Crippen LogP contribution in [0, 0.1) is 13.8 Å². The van der Waals surface area contributed by atoms with Gasteiger partial charge in [0.2, 0.25) is 0 Å². The third-order valence-electron chi connectivity index (χ3n) is 5.63. The Balaban J connectivity index is 1.61. The van der Waals surface area contributed by atoms with Gasteiger partial charge in [-0.05, 0) is 85.3 Å². The largest absolute Gasteiger partial charge is 0.483 e. The molecule has 0 aromatic heterocycles. The molecule has 0 aliphatic carbocycles. The number of sulfonamides is 1. The first kappa shape index (κ1) is 24.3. The molecule has 1 amide bonds. The van der Waals surface area contributed by atoms with E-state index < -0.39 is 10.0 Å². The van der Waals surface area contributed by atoms with Crippen LogP contribution in [0.25, 0.3) is 0 Å². The predicted octanol–water partition coefficient (Wildman–Crippen LogP) is 5.64. The van der Waals surface area contributed by atoms with E-state index >= 15 is 0 Å². The summed E-state index contributed by atoms with van der Waals surface area (Å²) in [4.78, 5) is 12.5. The number of ether oxygens (including phenoxy) is 1. The minimum Gasteiger partial charge on any atom is -0.483 e. The van der Waals surface area contributed by atoms with Crippen molar-refractivity contribution < 1.29 is 17.9 Å². The molecule has 0 radical (unpaired) electrons. The first-order chi connectivity index (χ1) is 15.7. The van der Waals surface area contributed by atoms with Crippen molar-refractivity contribution in [2.75, 3.05) is 16.6 Å². The molecule has 3 rings (SSSR count). The monoisotopic (exact) mass is 466 g/mol. The number of carbonyl (C=O) groups is 1. The number of para-hydroxylation sites is 1. The van der Waals surface area contributed by atoms with Crippen LogP contribution >= 0.6 is 0 Å². The summed E-state index contributed by atoms with van der Waals surface area (Å²) in [6.45, 7) is 7.98. The molecule has 0 bridgehead atoms. The second-order valence-electron chi connectivity index (χ2n) is 8.11. The molecule has 0 unspecified atom stereocenters. The van der Waals surface area contributed by atoms with Crippen LogP contribution in [-0.4, -0.2) is 20.9 Å². The van der Waals surface area contributed by atoms with Crippen molar-refractivity contribution in [1.82, 2.24) is 0 Å². The molecular formula is C26H30N2O4S. The lowest BCUT2D eigenvalue weighted by Crippen LogP contribution is -2.20. The summed E-state index contributed by atoms with van der Waals surface area (Å²) in [6.07, 6.45) is 0.972. The van der Waals surface area contributed by atoms with Crippen LogP contribution in [0.3, 0.4) is 0 Å². The maximum absolute atomic E-state index is 12.7. The molecule has 2 N–H and O–H groups in total. The molecule has 3 aromatic carbocycles.